The van der Waals surface area contributed by atoms with E-state index in [-0.39, 0.29) is 6.04 Å². The molecule has 1 saturated heterocycles. The average molecular weight is 370 g/mol. The number of hydrogen-bond acceptors (Lipinski definition) is 5. The van der Waals surface area contributed by atoms with Gasteiger partial charge in [0.05, 0.1) is 19.8 Å². The quantitative estimate of drug-likeness (QED) is 0.651. The van der Waals surface area contributed by atoms with Crippen LogP contribution in [-0.4, -0.2) is 57.5 Å². The second kappa shape index (κ2) is 10.9. The number of nitrogens with one attached hydrogen (secondary N) is 1. The van der Waals surface area contributed by atoms with Crippen LogP contribution < -0.4 is 14.8 Å². The van der Waals surface area contributed by atoms with Gasteiger partial charge in [0.15, 0.2) is 0 Å². The molecule has 1 heterocycles. The van der Waals surface area contributed by atoms with Crippen molar-refractivity contribution in [2.24, 2.45) is 0 Å². The van der Waals surface area contributed by atoms with E-state index in [0.717, 1.165) is 50.9 Å². The van der Waals surface area contributed by atoms with E-state index in [9.17, 15) is 0 Å². The fraction of sp³-hybridized carbons (Fsp3) is 0.455. The van der Waals surface area contributed by atoms with E-state index < -0.39 is 0 Å². The highest BCUT2D eigenvalue weighted by Gasteiger charge is 2.17. The number of benzene rings is 2. The Morgan fingerprint density at radius 3 is 2.30 bits per heavy atom. The summed E-state index contributed by atoms with van der Waals surface area (Å²) in [5.74, 6) is 1.74. The van der Waals surface area contributed by atoms with Crippen molar-refractivity contribution >= 4 is 0 Å². The molecule has 0 amide bonds. The summed E-state index contributed by atoms with van der Waals surface area (Å²) >= 11 is 0. The van der Waals surface area contributed by atoms with Gasteiger partial charge in [0, 0.05) is 32.2 Å². The molecule has 1 unspecified atom stereocenters. The summed E-state index contributed by atoms with van der Waals surface area (Å²) in [6.45, 7) is 8.68. The van der Waals surface area contributed by atoms with Crippen molar-refractivity contribution in [3.63, 3.8) is 0 Å². The maximum Gasteiger partial charge on any atom is 0.119 e. The molecule has 1 N–H and O–H groups in total. The molecule has 0 bridgehead atoms. The van der Waals surface area contributed by atoms with Crippen molar-refractivity contribution in [1.29, 1.82) is 0 Å². The van der Waals surface area contributed by atoms with Gasteiger partial charge in [-0.3, -0.25) is 4.90 Å². The highest BCUT2D eigenvalue weighted by molar-refractivity contribution is 5.31. The van der Waals surface area contributed by atoms with Crippen LogP contribution in [0.3, 0.4) is 0 Å². The minimum Gasteiger partial charge on any atom is -0.494 e. The van der Waals surface area contributed by atoms with Crippen molar-refractivity contribution in [1.82, 2.24) is 10.2 Å². The van der Waals surface area contributed by atoms with Gasteiger partial charge in [-0.25, -0.2) is 0 Å². The fourth-order valence-corrected chi connectivity index (χ4v) is 3.22. The molecule has 1 aliphatic rings. The molecule has 27 heavy (non-hydrogen) atoms. The third kappa shape index (κ3) is 6.54. The molecule has 1 aliphatic heterocycles. The number of morpholine rings is 1. The minimum atomic E-state index is 0.285. The predicted octanol–water partition coefficient (Wildman–Crippen LogP) is 3.13. The summed E-state index contributed by atoms with van der Waals surface area (Å²) < 4.78 is 16.8. The smallest absolute Gasteiger partial charge is 0.119 e. The summed E-state index contributed by atoms with van der Waals surface area (Å²) in [6, 6.07) is 18.7. The second-order valence-electron chi connectivity index (χ2n) is 6.58. The van der Waals surface area contributed by atoms with Gasteiger partial charge in [-0.1, -0.05) is 30.3 Å². The number of ether oxygens (including phenoxy) is 3. The monoisotopic (exact) mass is 370 g/mol. The molecule has 146 valence electrons. The van der Waals surface area contributed by atoms with Gasteiger partial charge in [-0.05, 0) is 36.8 Å². The zero-order valence-electron chi connectivity index (χ0n) is 16.1. The Balaban J connectivity index is 1.48. The molecule has 3 rings (SSSR count). The van der Waals surface area contributed by atoms with Crippen molar-refractivity contribution in [3.8, 4) is 11.5 Å². The highest BCUT2D eigenvalue weighted by Crippen LogP contribution is 2.18. The lowest BCUT2D eigenvalue weighted by atomic mass is 10.1. The third-order valence-corrected chi connectivity index (χ3v) is 4.64. The Morgan fingerprint density at radius 1 is 0.963 bits per heavy atom. The van der Waals surface area contributed by atoms with Crippen LogP contribution in [0.2, 0.25) is 0 Å². The van der Waals surface area contributed by atoms with E-state index in [1.165, 1.54) is 5.56 Å². The van der Waals surface area contributed by atoms with Crippen LogP contribution in [0.5, 0.6) is 11.5 Å². The second-order valence-corrected chi connectivity index (χ2v) is 6.58. The van der Waals surface area contributed by atoms with Gasteiger partial charge in [0.2, 0.25) is 0 Å². The first-order chi connectivity index (χ1) is 13.3. The predicted molar refractivity (Wildman–Crippen MR) is 108 cm³/mol. The number of nitrogens with zero attached hydrogens (tertiary/aromatic N) is 1. The van der Waals surface area contributed by atoms with E-state index in [4.69, 9.17) is 14.2 Å². The maximum atomic E-state index is 5.86. The lowest BCUT2D eigenvalue weighted by molar-refractivity contribution is 0.0332. The normalized spacial score (nSPS) is 16.0. The summed E-state index contributed by atoms with van der Waals surface area (Å²) in [7, 11) is 0. The van der Waals surface area contributed by atoms with E-state index in [1.807, 2.05) is 31.2 Å². The molecule has 2 aromatic rings. The lowest BCUT2D eigenvalue weighted by Crippen LogP contribution is -2.42. The molecule has 0 aromatic heterocycles. The van der Waals surface area contributed by atoms with Gasteiger partial charge in [0.25, 0.3) is 0 Å². The molecular weight excluding hydrogens is 340 g/mol. The van der Waals surface area contributed by atoms with Crippen LogP contribution in [0.25, 0.3) is 0 Å². The number of rotatable bonds is 10. The molecule has 5 heteroatoms. The molecule has 5 nitrogen and oxygen atoms in total. The minimum absolute atomic E-state index is 0.285. The van der Waals surface area contributed by atoms with Crippen LogP contribution in [0, 0.1) is 0 Å². The van der Waals surface area contributed by atoms with Crippen LogP contribution in [0.4, 0.5) is 0 Å². The summed E-state index contributed by atoms with van der Waals surface area (Å²) in [6.07, 6.45) is 0. The third-order valence-electron chi connectivity index (χ3n) is 4.64. The maximum absolute atomic E-state index is 5.86. The average Bonchev–Trinajstić information content (AvgIpc) is 2.73. The van der Waals surface area contributed by atoms with E-state index >= 15 is 0 Å². The number of hydrogen-bond donors (Lipinski definition) is 1. The van der Waals surface area contributed by atoms with Gasteiger partial charge in [-0.2, -0.15) is 0 Å². The van der Waals surface area contributed by atoms with Crippen molar-refractivity contribution < 1.29 is 14.2 Å². The van der Waals surface area contributed by atoms with Gasteiger partial charge in [-0.15, -0.1) is 0 Å². The highest BCUT2D eigenvalue weighted by atomic mass is 16.5. The van der Waals surface area contributed by atoms with Crippen LogP contribution in [0.15, 0.2) is 54.6 Å². The SMILES string of the molecule is CCOc1ccc(OCCNC(CN2CCOCC2)c2ccccc2)cc1. The largest absolute Gasteiger partial charge is 0.494 e. The Kier molecular flexibility index (Phi) is 7.96. The standard InChI is InChI=1S/C22H30N2O3/c1-2-26-20-8-10-21(11-9-20)27-15-12-23-22(19-6-4-3-5-7-19)18-24-13-16-25-17-14-24/h3-11,22-23H,2,12-18H2,1H3. The van der Waals surface area contributed by atoms with E-state index in [1.54, 1.807) is 0 Å². The Bertz CT molecular complexity index is 642. The first kappa shape index (κ1) is 19.7. The Hall–Kier alpha value is -2.08. The van der Waals surface area contributed by atoms with Gasteiger partial charge < -0.3 is 19.5 Å². The lowest BCUT2D eigenvalue weighted by Gasteiger charge is -2.31. The fourth-order valence-electron chi connectivity index (χ4n) is 3.22. The zero-order valence-corrected chi connectivity index (χ0v) is 16.1. The van der Waals surface area contributed by atoms with Crippen molar-refractivity contribution in [2.45, 2.75) is 13.0 Å². The molecule has 0 saturated carbocycles. The summed E-state index contributed by atoms with van der Waals surface area (Å²) in [4.78, 5) is 2.46. The molecule has 1 atom stereocenters. The first-order valence-corrected chi connectivity index (χ1v) is 9.79. The molecule has 2 aromatic carbocycles. The Labute approximate surface area is 162 Å². The van der Waals surface area contributed by atoms with Crippen LogP contribution >= 0.6 is 0 Å². The van der Waals surface area contributed by atoms with Crippen LogP contribution in [-0.2, 0) is 4.74 Å². The first-order valence-electron chi connectivity index (χ1n) is 9.79. The molecule has 0 aliphatic carbocycles. The van der Waals surface area contributed by atoms with Gasteiger partial charge in [0.1, 0.15) is 18.1 Å². The molecule has 0 radical (unpaired) electrons. The molecule has 0 spiro atoms. The molecule has 1 fully saturated rings. The van der Waals surface area contributed by atoms with Crippen molar-refractivity contribution in [3.05, 3.63) is 60.2 Å². The van der Waals surface area contributed by atoms with E-state index in [2.05, 4.69) is 40.5 Å². The topological polar surface area (TPSA) is 43.0 Å². The Morgan fingerprint density at radius 2 is 1.63 bits per heavy atom. The van der Waals surface area contributed by atoms with Crippen LogP contribution in [0.1, 0.15) is 18.5 Å². The summed E-state index contributed by atoms with van der Waals surface area (Å²) in [5, 5.41) is 3.65. The summed E-state index contributed by atoms with van der Waals surface area (Å²) in [5.41, 5.74) is 1.31. The van der Waals surface area contributed by atoms with Gasteiger partial charge >= 0.3 is 0 Å². The van der Waals surface area contributed by atoms with E-state index in [0.29, 0.717) is 13.2 Å². The molecular formula is C22H30N2O3. The zero-order chi connectivity index (χ0) is 18.7. The van der Waals surface area contributed by atoms with Crippen molar-refractivity contribution in [2.75, 3.05) is 52.6 Å².